The van der Waals surface area contributed by atoms with Gasteiger partial charge in [0.25, 0.3) is 0 Å². The summed E-state index contributed by atoms with van der Waals surface area (Å²) in [6.45, 7) is 4.25. The minimum absolute atomic E-state index is 0.0687. The lowest BCUT2D eigenvalue weighted by Gasteiger charge is -2.14. The van der Waals surface area contributed by atoms with Crippen LogP contribution in [0.2, 0.25) is 10.2 Å². The molecule has 0 aliphatic rings. The number of halogens is 2. The normalized spacial score (nSPS) is 11.2. The van der Waals surface area contributed by atoms with Crippen molar-refractivity contribution < 1.29 is 4.74 Å². The van der Waals surface area contributed by atoms with Crippen molar-refractivity contribution in [2.45, 2.75) is 20.4 Å². The predicted molar refractivity (Wildman–Crippen MR) is 89.1 cm³/mol. The summed E-state index contributed by atoms with van der Waals surface area (Å²) in [4.78, 5) is 8.02. The van der Waals surface area contributed by atoms with Gasteiger partial charge < -0.3 is 10.5 Å². The van der Waals surface area contributed by atoms with Crippen molar-refractivity contribution in [3.05, 3.63) is 32.9 Å². The summed E-state index contributed by atoms with van der Waals surface area (Å²) in [5.74, 6) is 0.844. The first-order valence-electron chi connectivity index (χ1n) is 6.77. The molecule has 0 unspecified atom stereocenters. The maximum atomic E-state index is 6.45. The first kappa shape index (κ1) is 15.8. The zero-order chi connectivity index (χ0) is 16.7. The van der Waals surface area contributed by atoms with Gasteiger partial charge >= 0.3 is 0 Å². The number of aromatic nitrogens is 5. The van der Waals surface area contributed by atoms with Gasteiger partial charge in [-0.3, -0.25) is 0 Å². The minimum atomic E-state index is 0.0687. The molecular weight excluding hydrogens is 339 g/mol. The molecule has 2 N–H and O–H groups in total. The van der Waals surface area contributed by atoms with Crippen molar-refractivity contribution in [2.24, 2.45) is 0 Å². The van der Waals surface area contributed by atoms with Gasteiger partial charge in [0, 0.05) is 5.56 Å². The Kier molecular flexibility index (Phi) is 3.99. The SMILES string of the molecule is COc1c(C)cc(Cn2nnc3c(Cl)nc(N)nc32)c(Cl)c1C. The third-order valence-corrected chi connectivity index (χ3v) is 4.35. The van der Waals surface area contributed by atoms with E-state index in [1.807, 2.05) is 19.9 Å². The zero-order valence-corrected chi connectivity index (χ0v) is 14.3. The number of ether oxygens (including phenoxy) is 1. The fourth-order valence-electron chi connectivity index (χ4n) is 2.56. The predicted octanol–water partition coefficient (Wildman–Crippen LogP) is 2.78. The van der Waals surface area contributed by atoms with Crippen LogP contribution in [0.15, 0.2) is 6.07 Å². The van der Waals surface area contributed by atoms with E-state index in [0.717, 1.165) is 22.4 Å². The molecule has 0 bridgehead atoms. The van der Waals surface area contributed by atoms with E-state index in [-0.39, 0.29) is 11.1 Å². The molecule has 0 radical (unpaired) electrons. The van der Waals surface area contributed by atoms with E-state index in [1.54, 1.807) is 11.8 Å². The lowest BCUT2D eigenvalue weighted by atomic mass is 10.1. The Morgan fingerprint density at radius 1 is 1.26 bits per heavy atom. The van der Waals surface area contributed by atoms with Crippen LogP contribution >= 0.6 is 23.2 Å². The maximum absolute atomic E-state index is 6.45. The Morgan fingerprint density at radius 3 is 2.70 bits per heavy atom. The first-order chi connectivity index (χ1) is 10.9. The van der Waals surface area contributed by atoms with E-state index in [9.17, 15) is 0 Å². The second-order valence-corrected chi connectivity index (χ2v) is 5.85. The molecule has 0 spiro atoms. The summed E-state index contributed by atoms with van der Waals surface area (Å²) in [6, 6.07) is 1.95. The number of methoxy groups -OCH3 is 1. The van der Waals surface area contributed by atoms with Crippen molar-refractivity contribution >= 4 is 40.3 Å². The van der Waals surface area contributed by atoms with Crippen LogP contribution in [0.3, 0.4) is 0 Å². The van der Waals surface area contributed by atoms with Crippen molar-refractivity contribution in [1.29, 1.82) is 0 Å². The quantitative estimate of drug-likeness (QED) is 0.728. The van der Waals surface area contributed by atoms with E-state index in [1.165, 1.54) is 0 Å². The largest absolute Gasteiger partial charge is 0.496 e. The molecule has 0 atom stereocenters. The van der Waals surface area contributed by atoms with Gasteiger partial charge in [-0.15, -0.1) is 5.10 Å². The van der Waals surface area contributed by atoms with Gasteiger partial charge in [0.15, 0.2) is 16.3 Å². The molecule has 0 amide bonds. The monoisotopic (exact) mass is 352 g/mol. The van der Waals surface area contributed by atoms with Crippen molar-refractivity contribution in [2.75, 3.05) is 12.8 Å². The lowest BCUT2D eigenvalue weighted by Crippen LogP contribution is -2.06. The number of hydrogen-bond donors (Lipinski definition) is 1. The van der Waals surface area contributed by atoms with Crippen LogP contribution in [-0.4, -0.2) is 32.1 Å². The molecule has 0 fully saturated rings. The Morgan fingerprint density at radius 2 is 2.00 bits per heavy atom. The number of nitrogens with zero attached hydrogens (tertiary/aromatic N) is 5. The van der Waals surface area contributed by atoms with Gasteiger partial charge in [-0.05, 0) is 31.0 Å². The Hall–Kier alpha value is -2.12. The minimum Gasteiger partial charge on any atom is -0.496 e. The van der Waals surface area contributed by atoms with E-state index in [0.29, 0.717) is 22.7 Å². The molecule has 120 valence electrons. The zero-order valence-electron chi connectivity index (χ0n) is 12.8. The van der Waals surface area contributed by atoms with Crippen molar-refractivity contribution in [1.82, 2.24) is 25.0 Å². The van der Waals surface area contributed by atoms with Crippen LogP contribution in [0.5, 0.6) is 5.75 Å². The van der Waals surface area contributed by atoms with Crippen LogP contribution in [0, 0.1) is 13.8 Å². The molecular formula is C14H14Cl2N6O. The fraction of sp³-hybridized carbons (Fsp3) is 0.286. The van der Waals surface area contributed by atoms with Crippen LogP contribution < -0.4 is 10.5 Å². The van der Waals surface area contributed by atoms with E-state index >= 15 is 0 Å². The van der Waals surface area contributed by atoms with E-state index in [4.69, 9.17) is 33.7 Å². The van der Waals surface area contributed by atoms with Crippen LogP contribution in [-0.2, 0) is 6.54 Å². The lowest BCUT2D eigenvalue weighted by molar-refractivity contribution is 0.408. The highest BCUT2D eigenvalue weighted by Crippen LogP contribution is 2.33. The molecule has 1 aromatic carbocycles. The highest BCUT2D eigenvalue weighted by Gasteiger charge is 2.16. The number of nitrogen functional groups attached to an aromatic ring is 1. The average Bonchev–Trinajstić information content (AvgIpc) is 2.88. The van der Waals surface area contributed by atoms with Crippen LogP contribution in [0.25, 0.3) is 11.2 Å². The third-order valence-electron chi connectivity index (χ3n) is 3.56. The molecule has 0 saturated carbocycles. The average molecular weight is 353 g/mol. The van der Waals surface area contributed by atoms with Gasteiger partial charge in [0.1, 0.15) is 5.75 Å². The summed E-state index contributed by atoms with van der Waals surface area (Å²) in [6.07, 6.45) is 0. The number of hydrogen-bond acceptors (Lipinski definition) is 6. The smallest absolute Gasteiger partial charge is 0.223 e. The number of fused-ring (bicyclic) bond motifs is 1. The van der Waals surface area contributed by atoms with Crippen molar-refractivity contribution in [3.8, 4) is 5.75 Å². The van der Waals surface area contributed by atoms with Crippen LogP contribution in [0.1, 0.15) is 16.7 Å². The van der Waals surface area contributed by atoms with Gasteiger partial charge in [0.2, 0.25) is 5.95 Å². The molecule has 23 heavy (non-hydrogen) atoms. The molecule has 0 aliphatic carbocycles. The van der Waals surface area contributed by atoms with Gasteiger partial charge in [-0.1, -0.05) is 28.4 Å². The highest BCUT2D eigenvalue weighted by molar-refractivity contribution is 6.33. The molecule has 3 rings (SSSR count). The summed E-state index contributed by atoms with van der Waals surface area (Å²) >= 11 is 12.5. The number of aryl methyl sites for hydroxylation is 1. The molecule has 9 heteroatoms. The Balaban J connectivity index is 2.10. The molecule has 3 aromatic rings. The fourth-order valence-corrected chi connectivity index (χ4v) is 2.97. The molecule has 7 nitrogen and oxygen atoms in total. The Labute approximate surface area is 142 Å². The van der Waals surface area contributed by atoms with Crippen LogP contribution in [0.4, 0.5) is 5.95 Å². The summed E-state index contributed by atoms with van der Waals surface area (Å²) in [5, 5.41) is 8.85. The number of anilines is 1. The number of benzene rings is 1. The topological polar surface area (TPSA) is 91.7 Å². The summed E-state index contributed by atoms with van der Waals surface area (Å²) < 4.78 is 6.96. The third kappa shape index (κ3) is 2.66. The molecule has 0 aliphatic heterocycles. The molecule has 2 aromatic heterocycles. The van der Waals surface area contributed by atoms with Crippen molar-refractivity contribution in [3.63, 3.8) is 0 Å². The first-order valence-corrected chi connectivity index (χ1v) is 7.52. The van der Waals surface area contributed by atoms with Gasteiger partial charge in [-0.25, -0.2) is 4.68 Å². The van der Waals surface area contributed by atoms with E-state index < -0.39 is 0 Å². The molecule has 0 saturated heterocycles. The van der Waals surface area contributed by atoms with Gasteiger partial charge in [-0.2, -0.15) is 9.97 Å². The molecule has 2 heterocycles. The maximum Gasteiger partial charge on any atom is 0.223 e. The summed E-state index contributed by atoms with van der Waals surface area (Å²) in [5.41, 5.74) is 9.25. The number of nitrogens with two attached hydrogens (primary N) is 1. The second-order valence-electron chi connectivity index (χ2n) is 5.12. The van der Waals surface area contributed by atoms with E-state index in [2.05, 4.69) is 20.3 Å². The highest BCUT2D eigenvalue weighted by atomic mass is 35.5. The standard InChI is InChI=1S/C14H14Cl2N6O/c1-6-4-8(9(15)7(2)11(6)23-3)5-22-13-10(20-21-22)12(16)18-14(17)19-13/h4H,5H2,1-3H3,(H2,17,18,19). The Bertz CT molecular complexity index is 908. The van der Waals surface area contributed by atoms with Gasteiger partial charge in [0.05, 0.1) is 18.7 Å². The summed E-state index contributed by atoms with van der Waals surface area (Å²) in [7, 11) is 1.62. The second kappa shape index (κ2) is 5.82. The number of rotatable bonds is 3.